The van der Waals surface area contributed by atoms with Crippen LogP contribution in [0.1, 0.15) is 66.7 Å². The molecule has 5 unspecified atom stereocenters. The van der Waals surface area contributed by atoms with Gasteiger partial charge < -0.3 is 26.2 Å². The molecule has 224 valence electrons. The van der Waals surface area contributed by atoms with E-state index in [-0.39, 0.29) is 55.5 Å². The van der Waals surface area contributed by atoms with E-state index in [0.717, 1.165) is 36.3 Å². The second-order valence-corrected chi connectivity index (χ2v) is 13.3. The molecule has 1 aromatic carbocycles. The van der Waals surface area contributed by atoms with Gasteiger partial charge in [0.2, 0.25) is 11.8 Å². The number of hydrogen-bond donors (Lipinski definition) is 4. The van der Waals surface area contributed by atoms with Crippen LogP contribution in [0.15, 0.2) is 18.2 Å². The number of amides is 2. The van der Waals surface area contributed by atoms with E-state index in [4.69, 9.17) is 5.73 Å². The van der Waals surface area contributed by atoms with E-state index < -0.39 is 46.7 Å². The predicted molar refractivity (Wildman–Crippen MR) is 149 cm³/mol. The second kappa shape index (κ2) is 11.6. The minimum atomic E-state index is -0.994. The Bertz CT molecular complexity index is 1080. The Morgan fingerprint density at radius 1 is 1.23 bits per heavy atom. The first-order chi connectivity index (χ1) is 18.6. The van der Waals surface area contributed by atoms with Gasteiger partial charge in [0.25, 0.3) is 0 Å². The summed E-state index contributed by atoms with van der Waals surface area (Å²) in [5.41, 5.74) is 4.58. The molecule has 8 nitrogen and oxygen atoms in total. The Balaban J connectivity index is 1.36. The highest BCUT2D eigenvalue weighted by Gasteiger charge is 2.52. The largest absolute Gasteiger partial charge is 0.391 e. The fourth-order valence-corrected chi connectivity index (χ4v) is 7.34. The number of halogens is 2. The van der Waals surface area contributed by atoms with Crippen molar-refractivity contribution in [2.45, 2.75) is 96.1 Å². The third-order valence-corrected chi connectivity index (χ3v) is 9.70. The van der Waals surface area contributed by atoms with Crippen molar-refractivity contribution >= 4 is 17.5 Å². The number of para-hydroxylation sites is 1. The maximum Gasteiger partial charge on any atom is 0.241 e. The van der Waals surface area contributed by atoms with Crippen molar-refractivity contribution in [1.82, 2.24) is 10.2 Å². The molecule has 10 heteroatoms. The SMILES string of the molecule is CC[C@H](C[C@H](O)[C@@H](N)CN1CC(=O)N(c2c(F)cccc2F)CC1(C)C)C(=O)NC1C(C)CC2CC1C(C)(O)C2. The van der Waals surface area contributed by atoms with Crippen molar-refractivity contribution in [1.29, 1.82) is 0 Å². The average Bonchev–Trinajstić information content (AvgIpc) is 3.11. The molecule has 2 amide bonds. The number of nitrogens with zero attached hydrogens (tertiary/aromatic N) is 2. The zero-order valence-corrected chi connectivity index (χ0v) is 24.4. The van der Waals surface area contributed by atoms with E-state index in [0.29, 0.717) is 12.3 Å². The van der Waals surface area contributed by atoms with Crippen LogP contribution in [0.4, 0.5) is 14.5 Å². The number of aliphatic hydroxyl groups is 2. The first kappa shape index (κ1) is 30.8. The molecule has 1 heterocycles. The highest BCUT2D eigenvalue weighted by molar-refractivity contribution is 5.96. The molecule has 0 spiro atoms. The maximum atomic E-state index is 14.4. The lowest BCUT2D eigenvalue weighted by atomic mass is 9.75. The van der Waals surface area contributed by atoms with Crippen molar-refractivity contribution in [2.24, 2.45) is 29.4 Å². The predicted octanol–water partition coefficient (Wildman–Crippen LogP) is 2.80. The van der Waals surface area contributed by atoms with E-state index in [9.17, 15) is 28.6 Å². The monoisotopic (exact) mass is 564 g/mol. The highest BCUT2D eigenvalue weighted by Crippen LogP contribution is 2.50. The molecule has 8 atom stereocenters. The van der Waals surface area contributed by atoms with Gasteiger partial charge in [-0.3, -0.25) is 14.5 Å². The normalized spacial score (nSPS) is 32.5. The summed E-state index contributed by atoms with van der Waals surface area (Å²) < 4.78 is 28.8. The van der Waals surface area contributed by atoms with E-state index in [1.807, 2.05) is 32.6 Å². The fraction of sp³-hybridized carbons (Fsp3) is 0.733. The van der Waals surface area contributed by atoms with Crippen molar-refractivity contribution < 1.29 is 28.6 Å². The van der Waals surface area contributed by atoms with Gasteiger partial charge in [-0.2, -0.15) is 0 Å². The van der Waals surface area contributed by atoms with Gasteiger partial charge in [0.05, 0.1) is 18.2 Å². The van der Waals surface area contributed by atoms with Crippen LogP contribution >= 0.6 is 0 Å². The minimum Gasteiger partial charge on any atom is -0.391 e. The molecule has 40 heavy (non-hydrogen) atoms. The second-order valence-electron chi connectivity index (χ2n) is 13.3. The number of carbonyl (C=O) groups is 2. The third-order valence-electron chi connectivity index (χ3n) is 9.70. The van der Waals surface area contributed by atoms with Crippen molar-refractivity contribution in [2.75, 3.05) is 24.5 Å². The number of nitrogens with two attached hydrogens (primary N) is 1. The van der Waals surface area contributed by atoms with Crippen LogP contribution < -0.4 is 16.0 Å². The van der Waals surface area contributed by atoms with E-state index in [2.05, 4.69) is 12.2 Å². The number of rotatable bonds is 9. The lowest BCUT2D eigenvalue weighted by Gasteiger charge is -2.47. The van der Waals surface area contributed by atoms with Gasteiger partial charge in [-0.05, 0) is 76.8 Å². The molecule has 2 saturated carbocycles. The molecule has 0 radical (unpaired) electrons. The molecule has 3 aliphatic rings. The van der Waals surface area contributed by atoms with Crippen molar-refractivity contribution in [3.63, 3.8) is 0 Å². The summed E-state index contributed by atoms with van der Waals surface area (Å²) in [6.07, 6.45) is 2.36. The summed E-state index contributed by atoms with van der Waals surface area (Å²) in [5.74, 6) is -1.86. The Kier molecular flexibility index (Phi) is 8.95. The Labute approximate surface area is 236 Å². The molecule has 2 aliphatic carbocycles. The smallest absolute Gasteiger partial charge is 0.241 e. The number of piperazine rings is 1. The van der Waals surface area contributed by atoms with Crippen LogP contribution in [-0.4, -0.2) is 75.9 Å². The molecular weight excluding hydrogens is 518 g/mol. The molecule has 1 saturated heterocycles. The topological polar surface area (TPSA) is 119 Å². The van der Waals surface area contributed by atoms with Gasteiger partial charge >= 0.3 is 0 Å². The molecule has 3 fully saturated rings. The van der Waals surface area contributed by atoms with Gasteiger partial charge in [0, 0.05) is 42.5 Å². The number of aliphatic hydroxyl groups excluding tert-OH is 1. The lowest BCUT2D eigenvalue weighted by molar-refractivity contribution is -0.128. The van der Waals surface area contributed by atoms with Gasteiger partial charge in [-0.15, -0.1) is 0 Å². The van der Waals surface area contributed by atoms with Gasteiger partial charge in [0.1, 0.15) is 17.3 Å². The summed E-state index contributed by atoms with van der Waals surface area (Å²) in [6.45, 7) is 9.74. The summed E-state index contributed by atoms with van der Waals surface area (Å²) in [7, 11) is 0. The maximum absolute atomic E-state index is 14.4. The van der Waals surface area contributed by atoms with Crippen LogP contribution in [-0.2, 0) is 9.59 Å². The standard InChI is InChI=1S/C30H46F2N4O4/c1-6-19(28(39)34-26-17(2)10-18-11-20(26)30(5,40)13-18)12-24(37)23(33)14-35-15-25(38)36(16-29(35,3)4)27-21(31)8-7-9-22(27)32/h7-9,17-20,23-24,26,37,40H,6,10-16,33H2,1-5H3,(H,34,39)/t17?,18?,19-,20?,23+,24+,26?,30?/m1/s1. The Morgan fingerprint density at radius 2 is 1.88 bits per heavy atom. The van der Waals surface area contributed by atoms with Crippen LogP contribution in [0.3, 0.4) is 0 Å². The minimum absolute atomic E-state index is 0.0196. The van der Waals surface area contributed by atoms with Crippen LogP contribution in [0.25, 0.3) is 0 Å². The number of anilines is 1. The zero-order chi connectivity index (χ0) is 29.6. The van der Waals surface area contributed by atoms with Gasteiger partial charge in [-0.25, -0.2) is 8.78 Å². The summed E-state index contributed by atoms with van der Waals surface area (Å²) in [4.78, 5) is 29.2. The quantitative estimate of drug-likeness (QED) is 0.366. The number of nitrogens with one attached hydrogen (secondary N) is 1. The lowest BCUT2D eigenvalue weighted by Crippen LogP contribution is -2.64. The highest BCUT2D eigenvalue weighted by atomic mass is 19.1. The summed E-state index contributed by atoms with van der Waals surface area (Å²) in [5, 5.41) is 25.1. The van der Waals surface area contributed by atoms with Crippen LogP contribution in [0.2, 0.25) is 0 Å². The fourth-order valence-electron chi connectivity index (χ4n) is 7.34. The van der Waals surface area contributed by atoms with Crippen molar-refractivity contribution in [3.8, 4) is 0 Å². The van der Waals surface area contributed by atoms with E-state index >= 15 is 0 Å². The molecule has 4 rings (SSSR count). The molecule has 0 aromatic heterocycles. The van der Waals surface area contributed by atoms with Crippen LogP contribution in [0.5, 0.6) is 0 Å². The number of carbonyl (C=O) groups excluding carboxylic acids is 2. The Hall–Kier alpha value is -2.14. The molecular formula is C30H46F2N4O4. The molecule has 1 aliphatic heterocycles. The number of hydrogen-bond acceptors (Lipinski definition) is 6. The summed E-state index contributed by atoms with van der Waals surface area (Å²) >= 11 is 0. The Morgan fingerprint density at radius 3 is 2.50 bits per heavy atom. The van der Waals surface area contributed by atoms with Gasteiger partial charge in [0.15, 0.2) is 0 Å². The number of benzene rings is 1. The zero-order valence-electron chi connectivity index (χ0n) is 24.4. The van der Waals surface area contributed by atoms with Crippen LogP contribution in [0, 0.1) is 35.3 Å². The average molecular weight is 565 g/mol. The number of fused-ring (bicyclic) bond motifs is 2. The van der Waals surface area contributed by atoms with Crippen molar-refractivity contribution in [3.05, 3.63) is 29.8 Å². The molecule has 5 N–H and O–H groups in total. The first-order valence-electron chi connectivity index (χ1n) is 14.6. The van der Waals surface area contributed by atoms with E-state index in [1.165, 1.54) is 6.07 Å². The first-order valence-corrected chi connectivity index (χ1v) is 14.6. The molecule has 2 bridgehead atoms. The van der Waals surface area contributed by atoms with E-state index in [1.54, 1.807) is 0 Å². The third kappa shape index (κ3) is 6.20. The summed E-state index contributed by atoms with van der Waals surface area (Å²) in [6, 6.07) is 2.66. The van der Waals surface area contributed by atoms with Gasteiger partial charge in [-0.1, -0.05) is 19.9 Å². The molecule has 1 aromatic rings.